The molecule has 1 aliphatic heterocycles. The lowest BCUT2D eigenvalue weighted by molar-refractivity contribution is -0.116. The maximum absolute atomic E-state index is 11.3. The van der Waals surface area contributed by atoms with Gasteiger partial charge in [-0.15, -0.1) is 0 Å². The summed E-state index contributed by atoms with van der Waals surface area (Å²) >= 11 is 0. The van der Waals surface area contributed by atoms with E-state index in [4.69, 9.17) is 5.73 Å². The Morgan fingerprint density at radius 2 is 2.24 bits per heavy atom. The number of benzene rings is 1. The molecule has 0 spiro atoms. The molecule has 1 amide bonds. The van der Waals surface area contributed by atoms with E-state index in [-0.39, 0.29) is 5.91 Å². The molecule has 4 nitrogen and oxygen atoms in total. The van der Waals surface area contributed by atoms with E-state index in [0.717, 1.165) is 35.5 Å². The largest absolute Gasteiger partial charge is 0.397 e. The van der Waals surface area contributed by atoms with Crippen LogP contribution in [0.4, 0.5) is 17.1 Å². The van der Waals surface area contributed by atoms with Crippen molar-refractivity contribution < 1.29 is 4.79 Å². The van der Waals surface area contributed by atoms with Gasteiger partial charge in [0, 0.05) is 18.2 Å². The number of carbonyl (C=O) groups excluding carboxylic acids is 1. The average molecular weight is 233 g/mol. The zero-order valence-corrected chi connectivity index (χ0v) is 10.3. The molecule has 0 fully saturated rings. The first-order chi connectivity index (χ1) is 8.10. The number of nitrogen functional groups attached to an aromatic ring is 1. The van der Waals surface area contributed by atoms with Crippen LogP contribution in [0.1, 0.15) is 32.3 Å². The summed E-state index contributed by atoms with van der Waals surface area (Å²) in [6.07, 6.45) is 2.35. The summed E-state index contributed by atoms with van der Waals surface area (Å²) in [6, 6.07) is 4.27. The molecule has 1 heterocycles. The molecule has 1 atom stereocenters. The van der Waals surface area contributed by atoms with Crippen LogP contribution in [0.2, 0.25) is 0 Å². The maximum atomic E-state index is 11.3. The molecule has 1 aliphatic rings. The highest BCUT2D eigenvalue weighted by molar-refractivity contribution is 5.95. The van der Waals surface area contributed by atoms with Crippen molar-refractivity contribution in [2.45, 2.75) is 39.2 Å². The van der Waals surface area contributed by atoms with E-state index in [0.29, 0.717) is 12.5 Å². The SMILES string of the molecule is CCC(C)Nc1cc2c(cc1N)CCC(=O)N2. The molecule has 92 valence electrons. The van der Waals surface area contributed by atoms with Gasteiger partial charge in [0.25, 0.3) is 0 Å². The van der Waals surface area contributed by atoms with Gasteiger partial charge in [-0.2, -0.15) is 0 Å². The molecule has 1 unspecified atom stereocenters. The first kappa shape index (κ1) is 11.8. The van der Waals surface area contributed by atoms with E-state index >= 15 is 0 Å². The molecule has 4 heteroatoms. The Morgan fingerprint density at radius 3 is 2.94 bits per heavy atom. The quantitative estimate of drug-likeness (QED) is 0.702. The van der Waals surface area contributed by atoms with Gasteiger partial charge in [0.15, 0.2) is 0 Å². The summed E-state index contributed by atoms with van der Waals surface area (Å²) in [5.74, 6) is 0.0803. The van der Waals surface area contributed by atoms with E-state index < -0.39 is 0 Å². The number of carbonyl (C=O) groups is 1. The van der Waals surface area contributed by atoms with Gasteiger partial charge in [-0.1, -0.05) is 6.92 Å². The Balaban J connectivity index is 2.29. The molecule has 17 heavy (non-hydrogen) atoms. The topological polar surface area (TPSA) is 67.1 Å². The average Bonchev–Trinajstić information content (AvgIpc) is 2.30. The minimum atomic E-state index is 0.0803. The fourth-order valence-corrected chi connectivity index (χ4v) is 1.94. The second-order valence-corrected chi connectivity index (χ2v) is 4.60. The molecule has 0 radical (unpaired) electrons. The lowest BCUT2D eigenvalue weighted by atomic mass is 10.0. The predicted octanol–water partition coefficient (Wildman–Crippen LogP) is 2.36. The van der Waals surface area contributed by atoms with Gasteiger partial charge >= 0.3 is 0 Å². The molecule has 0 bridgehead atoms. The van der Waals surface area contributed by atoms with Gasteiger partial charge in [0.05, 0.1) is 11.4 Å². The number of hydrogen-bond acceptors (Lipinski definition) is 3. The van der Waals surface area contributed by atoms with Crippen LogP contribution >= 0.6 is 0 Å². The van der Waals surface area contributed by atoms with Crippen LogP contribution in [0.25, 0.3) is 0 Å². The van der Waals surface area contributed by atoms with Gasteiger partial charge in [0.1, 0.15) is 0 Å². The summed E-state index contributed by atoms with van der Waals surface area (Å²) < 4.78 is 0. The first-order valence-electron chi connectivity index (χ1n) is 6.09. The minimum absolute atomic E-state index is 0.0803. The first-order valence-corrected chi connectivity index (χ1v) is 6.09. The third-order valence-electron chi connectivity index (χ3n) is 3.19. The highest BCUT2D eigenvalue weighted by atomic mass is 16.1. The molecule has 0 saturated carbocycles. The summed E-state index contributed by atoms with van der Waals surface area (Å²) in [4.78, 5) is 11.3. The Hall–Kier alpha value is -1.71. The third kappa shape index (κ3) is 2.52. The monoisotopic (exact) mass is 233 g/mol. The fourth-order valence-electron chi connectivity index (χ4n) is 1.94. The number of nitrogens with one attached hydrogen (secondary N) is 2. The van der Waals surface area contributed by atoms with Crippen molar-refractivity contribution in [1.29, 1.82) is 0 Å². The maximum Gasteiger partial charge on any atom is 0.224 e. The Morgan fingerprint density at radius 1 is 1.47 bits per heavy atom. The van der Waals surface area contributed by atoms with E-state index in [9.17, 15) is 4.79 Å². The summed E-state index contributed by atoms with van der Waals surface area (Å²) in [5, 5.41) is 6.23. The molecule has 1 aromatic rings. The number of hydrogen-bond donors (Lipinski definition) is 3. The normalized spacial score (nSPS) is 16.0. The predicted molar refractivity (Wildman–Crippen MR) is 71.2 cm³/mol. The van der Waals surface area contributed by atoms with Crippen molar-refractivity contribution in [3.63, 3.8) is 0 Å². The van der Waals surface area contributed by atoms with Crippen LogP contribution in [0.5, 0.6) is 0 Å². The highest BCUT2D eigenvalue weighted by Gasteiger charge is 2.16. The van der Waals surface area contributed by atoms with Crippen molar-refractivity contribution >= 4 is 23.0 Å². The van der Waals surface area contributed by atoms with Gasteiger partial charge in [0.2, 0.25) is 5.91 Å². The van der Waals surface area contributed by atoms with Crippen LogP contribution < -0.4 is 16.4 Å². The van der Waals surface area contributed by atoms with E-state index in [1.165, 1.54) is 0 Å². The third-order valence-corrected chi connectivity index (χ3v) is 3.19. The van der Waals surface area contributed by atoms with Crippen molar-refractivity contribution in [1.82, 2.24) is 0 Å². The van der Waals surface area contributed by atoms with Gasteiger partial charge in [-0.05, 0) is 37.5 Å². The Labute approximate surface area is 102 Å². The van der Waals surface area contributed by atoms with E-state index in [1.54, 1.807) is 0 Å². The van der Waals surface area contributed by atoms with Gasteiger partial charge in [-0.25, -0.2) is 0 Å². The number of anilines is 3. The summed E-state index contributed by atoms with van der Waals surface area (Å²) in [5.41, 5.74) is 9.67. The van der Waals surface area contributed by atoms with Crippen LogP contribution in [-0.2, 0) is 11.2 Å². The molecule has 0 aromatic heterocycles. The molecular formula is C13H19N3O. The smallest absolute Gasteiger partial charge is 0.224 e. The van der Waals surface area contributed by atoms with Crippen LogP contribution in [0.3, 0.4) is 0 Å². The lowest BCUT2D eigenvalue weighted by Crippen LogP contribution is -2.20. The second-order valence-electron chi connectivity index (χ2n) is 4.60. The van der Waals surface area contributed by atoms with Crippen molar-refractivity contribution in [2.75, 3.05) is 16.4 Å². The molecule has 0 aliphatic carbocycles. The summed E-state index contributed by atoms with van der Waals surface area (Å²) in [6.45, 7) is 4.23. The zero-order valence-electron chi connectivity index (χ0n) is 10.3. The van der Waals surface area contributed by atoms with Gasteiger partial charge < -0.3 is 16.4 Å². The summed E-state index contributed by atoms with van der Waals surface area (Å²) in [7, 11) is 0. The molecule has 0 saturated heterocycles. The van der Waals surface area contributed by atoms with Crippen LogP contribution in [0.15, 0.2) is 12.1 Å². The number of fused-ring (bicyclic) bond motifs is 1. The molecule has 4 N–H and O–H groups in total. The standard InChI is InChI=1S/C13H19N3O/c1-3-8(2)15-12-7-11-9(6-10(12)14)4-5-13(17)16-11/h6-8,15H,3-5,14H2,1-2H3,(H,16,17). The van der Waals surface area contributed by atoms with Crippen LogP contribution in [-0.4, -0.2) is 11.9 Å². The van der Waals surface area contributed by atoms with E-state index in [2.05, 4.69) is 24.5 Å². The Bertz CT molecular complexity index is 443. The minimum Gasteiger partial charge on any atom is -0.397 e. The fraction of sp³-hybridized carbons (Fsp3) is 0.462. The lowest BCUT2D eigenvalue weighted by Gasteiger charge is -2.21. The zero-order chi connectivity index (χ0) is 12.4. The van der Waals surface area contributed by atoms with Crippen molar-refractivity contribution in [3.8, 4) is 0 Å². The van der Waals surface area contributed by atoms with Crippen LogP contribution in [0, 0.1) is 0 Å². The molecule has 2 rings (SSSR count). The second kappa shape index (κ2) is 4.65. The number of amides is 1. The molecular weight excluding hydrogens is 214 g/mol. The molecule has 1 aromatic carbocycles. The number of nitrogens with two attached hydrogens (primary N) is 1. The van der Waals surface area contributed by atoms with E-state index in [1.807, 2.05) is 12.1 Å². The van der Waals surface area contributed by atoms with Crippen molar-refractivity contribution in [2.24, 2.45) is 0 Å². The van der Waals surface area contributed by atoms with Crippen molar-refractivity contribution in [3.05, 3.63) is 17.7 Å². The number of aryl methyl sites for hydroxylation is 1. The van der Waals surface area contributed by atoms with Gasteiger partial charge in [-0.3, -0.25) is 4.79 Å². The number of rotatable bonds is 3. The highest BCUT2D eigenvalue weighted by Crippen LogP contribution is 2.31. The Kier molecular flexibility index (Phi) is 3.22.